The van der Waals surface area contributed by atoms with Gasteiger partial charge in [-0.05, 0) is 39.5 Å². The molecule has 1 atom stereocenters. The zero-order valence-electron chi connectivity index (χ0n) is 11.6. The van der Waals surface area contributed by atoms with Crippen LogP contribution in [0.2, 0.25) is 0 Å². The molecule has 3 heteroatoms. The van der Waals surface area contributed by atoms with Crippen molar-refractivity contribution < 1.29 is 4.79 Å². The van der Waals surface area contributed by atoms with E-state index in [0.717, 1.165) is 12.5 Å². The number of carbonyl (C=O) groups is 1. The monoisotopic (exact) mass is 240 g/mol. The molecule has 0 heterocycles. The van der Waals surface area contributed by atoms with Gasteiger partial charge in [-0.1, -0.05) is 19.3 Å². The van der Waals surface area contributed by atoms with Gasteiger partial charge in [0.25, 0.3) is 0 Å². The Hall–Kier alpha value is -0.570. The summed E-state index contributed by atoms with van der Waals surface area (Å²) in [6.45, 7) is 7.05. The van der Waals surface area contributed by atoms with Gasteiger partial charge >= 0.3 is 0 Å². The molecule has 0 aromatic heterocycles. The lowest BCUT2D eigenvalue weighted by molar-refractivity contribution is -0.121. The summed E-state index contributed by atoms with van der Waals surface area (Å²) in [5.41, 5.74) is 0. The second kappa shape index (κ2) is 7.70. The molecule has 1 rings (SSSR count). The van der Waals surface area contributed by atoms with Crippen molar-refractivity contribution >= 4 is 5.91 Å². The molecule has 17 heavy (non-hydrogen) atoms. The van der Waals surface area contributed by atoms with E-state index in [1.54, 1.807) is 0 Å². The Balaban J connectivity index is 2.10. The molecule has 0 aromatic rings. The van der Waals surface area contributed by atoms with Crippen LogP contribution in [0.15, 0.2) is 0 Å². The molecule has 1 aliphatic carbocycles. The second-order valence-electron chi connectivity index (χ2n) is 5.61. The molecule has 0 aromatic carbocycles. The maximum Gasteiger partial charge on any atom is 0.221 e. The molecule has 1 unspecified atom stereocenters. The summed E-state index contributed by atoms with van der Waals surface area (Å²) >= 11 is 0. The van der Waals surface area contributed by atoms with Gasteiger partial charge in [-0.15, -0.1) is 0 Å². The van der Waals surface area contributed by atoms with Gasteiger partial charge in [-0.2, -0.15) is 0 Å². The fourth-order valence-electron chi connectivity index (χ4n) is 2.61. The molecule has 3 nitrogen and oxygen atoms in total. The Kier molecular flexibility index (Phi) is 6.56. The topological polar surface area (TPSA) is 41.1 Å². The van der Waals surface area contributed by atoms with Crippen LogP contribution in [0.1, 0.15) is 59.3 Å². The molecule has 0 radical (unpaired) electrons. The number of rotatable bonds is 6. The largest absolute Gasteiger partial charge is 0.354 e. The van der Waals surface area contributed by atoms with Gasteiger partial charge < -0.3 is 10.6 Å². The predicted octanol–water partition coefficient (Wildman–Crippen LogP) is 2.46. The first-order chi connectivity index (χ1) is 8.09. The Bertz CT molecular complexity index is 222. The van der Waals surface area contributed by atoms with Gasteiger partial charge in [0.2, 0.25) is 5.91 Å². The van der Waals surface area contributed by atoms with E-state index in [4.69, 9.17) is 0 Å². The predicted molar refractivity (Wildman–Crippen MR) is 71.9 cm³/mol. The van der Waals surface area contributed by atoms with Gasteiger partial charge in [0.05, 0.1) is 0 Å². The van der Waals surface area contributed by atoms with Crippen molar-refractivity contribution in [2.75, 3.05) is 6.54 Å². The Labute approximate surface area is 106 Å². The first kappa shape index (κ1) is 14.5. The molecule has 0 aliphatic heterocycles. The average molecular weight is 240 g/mol. The number of nitrogens with one attached hydrogen (secondary N) is 2. The first-order valence-electron chi connectivity index (χ1n) is 7.12. The van der Waals surface area contributed by atoms with Crippen LogP contribution in [0, 0.1) is 5.92 Å². The summed E-state index contributed by atoms with van der Waals surface area (Å²) in [6.07, 6.45) is 7.46. The second-order valence-corrected chi connectivity index (χ2v) is 5.61. The van der Waals surface area contributed by atoms with Gasteiger partial charge in [0.15, 0.2) is 0 Å². The van der Waals surface area contributed by atoms with Crippen LogP contribution in [0.4, 0.5) is 0 Å². The maximum atomic E-state index is 11.5. The van der Waals surface area contributed by atoms with Crippen molar-refractivity contribution in [1.29, 1.82) is 0 Å². The number of amides is 1. The van der Waals surface area contributed by atoms with Crippen LogP contribution >= 0.6 is 0 Å². The summed E-state index contributed by atoms with van der Waals surface area (Å²) in [5, 5.41) is 6.41. The minimum absolute atomic E-state index is 0.156. The lowest BCUT2D eigenvalue weighted by Gasteiger charge is -2.28. The van der Waals surface area contributed by atoms with Crippen molar-refractivity contribution in [1.82, 2.24) is 10.6 Å². The van der Waals surface area contributed by atoms with E-state index in [2.05, 4.69) is 17.6 Å². The van der Waals surface area contributed by atoms with Crippen LogP contribution < -0.4 is 10.6 Å². The molecule has 2 N–H and O–H groups in total. The van der Waals surface area contributed by atoms with Crippen LogP contribution in [-0.2, 0) is 4.79 Å². The van der Waals surface area contributed by atoms with E-state index < -0.39 is 0 Å². The molecule has 0 bridgehead atoms. The SMILES string of the molecule is CC(C)NC(=O)CCNC(C)C1CCCCC1. The zero-order valence-corrected chi connectivity index (χ0v) is 11.6. The maximum absolute atomic E-state index is 11.5. The highest BCUT2D eigenvalue weighted by Crippen LogP contribution is 2.26. The minimum Gasteiger partial charge on any atom is -0.354 e. The first-order valence-corrected chi connectivity index (χ1v) is 7.12. The molecule has 100 valence electrons. The Morgan fingerprint density at radius 1 is 1.18 bits per heavy atom. The van der Waals surface area contributed by atoms with Crippen molar-refractivity contribution in [2.24, 2.45) is 5.92 Å². The van der Waals surface area contributed by atoms with E-state index in [0.29, 0.717) is 12.5 Å². The van der Waals surface area contributed by atoms with Crippen LogP contribution in [0.3, 0.4) is 0 Å². The highest BCUT2D eigenvalue weighted by molar-refractivity contribution is 5.76. The van der Waals surface area contributed by atoms with E-state index in [-0.39, 0.29) is 11.9 Å². The zero-order chi connectivity index (χ0) is 12.7. The summed E-state index contributed by atoms with van der Waals surface area (Å²) in [4.78, 5) is 11.5. The standard InChI is InChI=1S/C14H28N2O/c1-11(2)16-14(17)9-10-15-12(3)13-7-5-4-6-8-13/h11-13,15H,4-10H2,1-3H3,(H,16,17). The van der Waals surface area contributed by atoms with Crippen LogP contribution in [0.5, 0.6) is 0 Å². The van der Waals surface area contributed by atoms with E-state index >= 15 is 0 Å². The van der Waals surface area contributed by atoms with Crippen molar-refractivity contribution in [3.05, 3.63) is 0 Å². The third kappa shape index (κ3) is 6.06. The summed E-state index contributed by atoms with van der Waals surface area (Å²) in [5.74, 6) is 0.972. The number of hydrogen-bond acceptors (Lipinski definition) is 2. The fraction of sp³-hybridized carbons (Fsp3) is 0.929. The quantitative estimate of drug-likeness (QED) is 0.749. The molecule has 1 aliphatic rings. The van der Waals surface area contributed by atoms with Gasteiger partial charge in [0, 0.05) is 25.0 Å². The average Bonchev–Trinajstić information content (AvgIpc) is 2.29. The fourth-order valence-corrected chi connectivity index (χ4v) is 2.61. The van der Waals surface area contributed by atoms with E-state index in [1.807, 2.05) is 13.8 Å². The lowest BCUT2D eigenvalue weighted by atomic mass is 9.84. The van der Waals surface area contributed by atoms with Crippen molar-refractivity contribution in [3.8, 4) is 0 Å². The molecular formula is C14H28N2O. The Morgan fingerprint density at radius 2 is 1.82 bits per heavy atom. The summed E-state index contributed by atoms with van der Waals surface area (Å²) in [6, 6.07) is 0.806. The third-order valence-electron chi connectivity index (χ3n) is 3.62. The summed E-state index contributed by atoms with van der Waals surface area (Å²) < 4.78 is 0. The number of carbonyl (C=O) groups excluding carboxylic acids is 1. The summed E-state index contributed by atoms with van der Waals surface area (Å²) in [7, 11) is 0. The molecule has 1 fully saturated rings. The van der Waals surface area contributed by atoms with Crippen molar-refractivity contribution in [2.45, 2.75) is 71.4 Å². The molecule has 1 saturated carbocycles. The van der Waals surface area contributed by atoms with Crippen LogP contribution in [-0.4, -0.2) is 24.5 Å². The van der Waals surface area contributed by atoms with Gasteiger partial charge in [-0.25, -0.2) is 0 Å². The number of hydrogen-bond donors (Lipinski definition) is 2. The molecular weight excluding hydrogens is 212 g/mol. The van der Waals surface area contributed by atoms with Crippen LogP contribution in [0.25, 0.3) is 0 Å². The van der Waals surface area contributed by atoms with Gasteiger partial charge in [-0.3, -0.25) is 4.79 Å². The smallest absolute Gasteiger partial charge is 0.221 e. The molecule has 1 amide bonds. The van der Waals surface area contributed by atoms with E-state index in [1.165, 1.54) is 32.1 Å². The van der Waals surface area contributed by atoms with Crippen molar-refractivity contribution in [3.63, 3.8) is 0 Å². The highest BCUT2D eigenvalue weighted by Gasteiger charge is 2.19. The lowest BCUT2D eigenvalue weighted by Crippen LogP contribution is -2.38. The third-order valence-corrected chi connectivity index (χ3v) is 3.62. The molecule has 0 saturated heterocycles. The highest BCUT2D eigenvalue weighted by atomic mass is 16.1. The van der Waals surface area contributed by atoms with Gasteiger partial charge in [0.1, 0.15) is 0 Å². The minimum atomic E-state index is 0.156. The Morgan fingerprint density at radius 3 is 2.41 bits per heavy atom. The molecule has 0 spiro atoms. The normalized spacial score (nSPS) is 19.3. The van der Waals surface area contributed by atoms with E-state index in [9.17, 15) is 4.79 Å².